The number of nitrogens with one attached hydrogen (secondary N) is 1. The maximum atomic E-state index is 11.5. The Morgan fingerprint density at radius 3 is 2.56 bits per heavy atom. The van der Waals surface area contributed by atoms with E-state index in [1.54, 1.807) is 6.20 Å². The number of halogens is 2. The fourth-order valence-corrected chi connectivity index (χ4v) is 1.38. The van der Waals surface area contributed by atoms with Crippen LogP contribution in [0.1, 0.15) is 38.4 Å². The van der Waals surface area contributed by atoms with Crippen LogP contribution in [-0.4, -0.2) is 16.9 Å². The summed E-state index contributed by atoms with van der Waals surface area (Å²) in [5.74, 6) is 0.0236. The van der Waals surface area contributed by atoms with Crippen molar-refractivity contribution in [3.8, 4) is 0 Å². The van der Waals surface area contributed by atoms with Crippen LogP contribution in [0.15, 0.2) is 24.4 Å². The van der Waals surface area contributed by atoms with Gasteiger partial charge in [-0.2, -0.15) is 0 Å². The highest BCUT2D eigenvalue weighted by atomic mass is 35.5. The van der Waals surface area contributed by atoms with Crippen LogP contribution >= 0.6 is 24.8 Å². The molecule has 3 N–H and O–H groups in total. The number of rotatable bonds is 5. The Balaban J connectivity index is 0. The van der Waals surface area contributed by atoms with Crippen LogP contribution in [0.3, 0.4) is 0 Å². The number of amides is 1. The van der Waals surface area contributed by atoms with Crippen LogP contribution in [0.2, 0.25) is 0 Å². The lowest BCUT2D eigenvalue weighted by Gasteiger charge is -2.13. The molecule has 0 bridgehead atoms. The van der Waals surface area contributed by atoms with E-state index in [9.17, 15) is 4.79 Å². The van der Waals surface area contributed by atoms with Gasteiger partial charge in [0, 0.05) is 18.7 Å². The zero-order chi connectivity index (χ0) is 12.0. The fraction of sp³-hybridized carbons (Fsp3) is 0.500. The smallest absolute Gasteiger partial charge is 0.220 e. The van der Waals surface area contributed by atoms with Crippen molar-refractivity contribution in [1.29, 1.82) is 0 Å². The normalized spacial score (nSPS) is 12.6. The first-order valence-corrected chi connectivity index (χ1v) is 5.55. The molecule has 2 atom stereocenters. The Hall–Kier alpha value is -0.840. The molecule has 0 spiro atoms. The van der Waals surface area contributed by atoms with Crippen LogP contribution in [0, 0.1) is 0 Å². The van der Waals surface area contributed by atoms with E-state index >= 15 is 0 Å². The first-order chi connectivity index (χ1) is 7.59. The van der Waals surface area contributed by atoms with E-state index in [-0.39, 0.29) is 42.8 Å². The van der Waals surface area contributed by atoms with Crippen molar-refractivity contribution in [2.24, 2.45) is 5.73 Å². The van der Waals surface area contributed by atoms with E-state index in [1.165, 1.54) is 0 Å². The molecule has 0 radical (unpaired) electrons. The average molecular weight is 294 g/mol. The second kappa shape index (κ2) is 10.1. The van der Waals surface area contributed by atoms with Gasteiger partial charge in [0.1, 0.15) is 0 Å². The molecule has 0 aliphatic rings. The summed E-state index contributed by atoms with van der Waals surface area (Å²) in [5, 5.41) is 2.89. The van der Waals surface area contributed by atoms with Crippen molar-refractivity contribution in [3.05, 3.63) is 30.1 Å². The van der Waals surface area contributed by atoms with Crippen LogP contribution in [0.25, 0.3) is 0 Å². The first kappa shape index (κ1) is 19.5. The first-order valence-electron chi connectivity index (χ1n) is 5.55. The highest BCUT2D eigenvalue weighted by Gasteiger charge is 2.10. The lowest BCUT2D eigenvalue weighted by atomic mass is 10.1. The molecule has 2 unspecified atom stereocenters. The molecule has 0 fully saturated rings. The van der Waals surface area contributed by atoms with E-state index in [0.29, 0.717) is 12.8 Å². The largest absolute Gasteiger partial charge is 0.348 e. The number of pyridine rings is 1. The van der Waals surface area contributed by atoms with E-state index < -0.39 is 0 Å². The van der Waals surface area contributed by atoms with Gasteiger partial charge in [0.25, 0.3) is 0 Å². The second-order valence-electron chi connectivity index (χ2n) is 4.06. The van der Waals surface area contributed by atoms with Crippen molar-refractivity contribution in [3.63, 3.8) is 0 Å². The summed E-state index contributed by atoms with van der Waals surface area (Å²) in [7, 11) is 0. The Morgan fingerprint density at radius 2 is 2.06 bits per heavy atom. The van der Waals surface area contributed by atoms with Crippen molar-refractivity contribution in [2.45, 2.75) is 38.8 Å². The van der Waals surface area contributed by atoms with Crippen molar-refractivity contribution in [2.75, 3.05) is 0 Å². The maximum Gasteiger partial charge on any atom is 0.220 e. The monoisotopic (exact) mass is 293 g/mol. The van der Waals surface area contributed by atoms with Crippen molar-refractivity contribution in [1.82, 2.24) is 10.3 Å². The number of hydrogen-bond donors (Lipinski definition) is 2. The quantitative estimate of drug-likeness (QED) is 0.875. The molecule has 0 saturated carbocycles. The molecule has 1 aromatic rings. The van der Waals surface area contributed by atoms with Gasteiger partial charge in [-0.1, -0.05) is 6.07 Å². The van der Waals surface area contributed by atoms with E-state index in [2.05, 4.69) is 10.3 Å². The third kappa shape index (κ3) is 7.48. The number of hydrogen-bond acceptors (Lipinski definition) is 3. The highest BCUT2D eigenvalue weighted by molar-refractivity contribution is 5.85. The second-order valence-corrected chi connectivity index (χ2v) is 4.06. The zero-order valence-electron chi connectivity index (χ0n) is 10.6. The Morgan fingerprint density at radius 1 is 1.39 bits per heavy atom. The molecule has 18 heavy (non-hydrogen) atoms. The summed E-state index contributed by atoms with van der Waals surface area (Å²) < 4.78 is 0. The maximum absolute atomic E-state index is 11.5. The van der Waals surface area contributed by atoms with E-state index in [1.807, 2.05) is 32.0 Å². The number of carbonyl (C=O) groups is 1. The molecule has 0 saturated heterocycles. The third-order valence-corrected chi connectivity index (χ3v) is 2.34. The molecule has 1 heterocycles. The lowest BCUT2D eigenvalue weighted by Crippen LogP contribution is -2.28. The molecule has 1 aromatic heterocycles. The average Bonchev–Trinajstić information content (AvgIpc) is 2.27. The standard InChI is InChI=1S/C12H19N3O.2ClH/c1-9(13)6-7-12(16)15-10(2)11-5-3-4-8-14-11;;/h3-5,8-10H,6-7,13H2,1-2H3,(H,15,16);2*1H. The number of nitrogens with two attached hydrogens (primary N) is 1. The minimum atomic E-state index is -0.0539. The van der Waals surface area contributed by atoms with Gasteiger partial charge in [-0.15, -0.1) is 24.8 Å². The Kier molecular flexibility index (Phi) is 11.0. The zero-order valence-corrected chi connectivity index (χ0v) is 12.3. The molecular formula is C12H21Cl2N3O. The predicted molar refractivity (Wildman–Crippen MR) is 78.2 cm³/mol. The van der Waals surface area contributed by atoms with Crippen LogP contribution < -0.4 is 11.1 Å². The van der Waals surface area contributed by atoms with Gasteiger partial charge in [0.05, 0.1) is 11.7 Å². The highest BCUT2D eigenvalue weighted by Crippen LogP contribution is 2.08. The molecule has 1 rings (SSSR count). The summed E-state index contributed by atoms with van der Waals surface area (Å²) >= 11 is 0. The summed E-state index contributed by atoms with van der Waals surface area (Å²) in [6.45, 7) is 3.82. The van der Waals surface area contributed by atoms with Crippen molar-refractivity contribution >= 4 is 30.7 Å². The van der Waals surface area contributed by atoms with E-state index in [0.717, 1.165) is 5.69 Å². The van der Waals surface area contributed by atoms with Gasteiger partial charge in [-0.05, 0) is 32.4 Å². The topological polar surface area (TPSA) is 68.0 Å². The molecule has 4 nitrogen and oxygen atoms in total. The van der Waals surface area contributed by atoms with Gasteiger partial charge in [-0.3, -0.25) is 9.78 Å². The van der Waals surface area contributed by atoms with E-state index in [4.69, 9.17) is 5.73 Å². The van der Waals surface area contributed by atoms with Gasteiger partial charge in [-0.25, -0.2) is 0 Å². The van der Waals surface area contributed by atoms with Gasteiger partial charge >= 0.3 is 0 Å². The summed E-state index contributed by atoms with van der Waals surface area (Å²) in [5.41, 5.74) is 6.46. The molecule has 6 heteroatoms. The number of carbonyl (C=O) groups excluding carboxylic acids is 1. The van der Waals surface area contributed by atoms with Crippen LogP contribution in [-0.2, 0) is 4.79 Å². The lowest BCUT2D eigenvalue weighted by molar-refractivity contribution is -0.121. The van der Waals surface area contributed by atoms with Gasteiger partial charge in [0.15, 0.2) is 0 Å². The third-order valence-electron chi connectivity index (χ3n) is 2.34. The minimum absolute atomic E-state index is 0. The Labute approximate surface area is 121 Å². The number of nitrogens with zero attached hydrogens (tertiary/aromatic N) is 1. The minimum Gasteiger partial charge on any atom is -0.348 e. The van der Waals surface area contributed by atoms with Crippen LogP contribution in [0.5, 0.6) is 0 Å². The molecule has 0 aliphatic heterocycles. The Bertz CT molecular complexity index is 333. The fourth-order valence-electron chi connectivity index (χ4n) is 1.38. The summed E-state index contributed by atoms with van der Waals surface area (Å²) in [6, 6.07) is 5.68. The summed E-state index contributed by atoms with van der Waals surface area (Å²) in [6.07, 6.45) is 2.90. The summed E-state index contributed by atoms with van der Waals surface area (Å²) in [4.78, 5) is 15.7. The van der Waals surface area contributed by atoms with Crippen LogP contribution in [0.4, 0.5) is 0 Å². The van der Waals surface area contributed by atoms with Crippen molar-refractivity contribution < 1.29 is 4.79 Å². The molecule has 104 valence electrons. The predicted octanol–water partition coefficient (Wildman–Crippen LogP) is 2.23. The molecule has 0 aliphatic carbocycles. The van der Waals surface area contributed by atoms with Gasteiger partial charge < -0.3 is 11.1 Å². The number of aromatic nitrogens is 1. The molecule has 1 amide bonds. The van der Waals surface area contributed by atoms with Gasteiger partial charge in [0.2, 0.25) is 5.91 Å². The molecular weight excluding hydrogens is 273 g/mol. The molecule has 0 aromatic carbocycles. The SMILES string of the molecule is CC(N)CCC(=O)NC(C)c1ccccn1.Cl.Cl.